The Morgan fingerprint density at radius 3 is 2.26 bits per heavy atom. The summed E-state index contributed by atoms with van der Waals surface area (Å²) in [5.74, 6) is -0.590. The van der Waals surface area contributed by atoms with E-state index in [2.05, 4.69) is 0 Å². The summed E-state index contributed by atoms with van der Waals surface area (Å²) in [4.78, 5) is 57.2. The van der Waals surface area contributed by atoms with Gasteiger partial charge in [0.05, 0.1) is 0 Å². The monoisotopic (exact) mass is 512 g/mol. The van der Waals surface area contributed by atoms with Crippen LogP contribution in [0.4, 0.5) is 0 Å². The summed E-state index contributed by atoms with van der Waals surface area (Å²) in [6, 6.07) is 0. The number of ketones is 3. The molecule has 4 aliphatic rings. The summed E-state index contributed by atoms with van der Waals surface area (Å²) >= 11 is 9.74. The first kappa shape index (κ1) is 26.9. The molecule has 0 aromatic heterocycles. The fraction of sp³-hybridized carbons (Fsp3) is 0.640. The Hall–Kier alpha value is -1.67. The molecule has 0 unspecified atom stereocenters. The highest BCUT2D eigenvalue weighted by molar-refractivity contribution is 6.65. The molecule has 0 aromatic carbocycles. The third kappa shape index (κ3) is 4.48. The van der Waals surface area contributed by atoms with E-state index in [0.717, 1.165) is 18.4 Å². The SMILES string of the molecule is C[C@]12C=CC(=O)C=C1CC[C@@H]1[C@@H]2C(=O)C[C@@]2(C)[C@H]1CC[C@]2(O)C(=O)CO.O=C(Cl)CCC(=O)Cl. The number of carbonyl (C=O) groups excluding carboxylic acids is 5. The van der Waals surface area contributed by atoms with E-state index in [1.807, 2.05) is 19.9 Å². The Morgan fingerprint density at radius 1 is 1.09 bits per heavy atom. The first-order chi connectivity index (χ1) is 15.8. The van der Waals surface area contributed by atoms with Gasteiger partial charge in [-0.3, -0.25) is 24.0 Å². The summed E-state index contributed by atoms with van der Waals surface area (Å²) in [5.41, 5.74) is -1.86. The highest BCUT2D eigenvalue weighted by Gasteiger charge is 2.68. The van der Waals surface area contributed by atoms with Gasteiger partial charge >= 0.3 is 0 Å². The van der Waals surface area contributed by atoms with Gasteiger partial charge in [0, 0.05) is 36.0 Å². The average Bonchev–Trinajstić information content (AvgIpc) is 3.03. The molecular weight excluding hydrogens is 483 g/mol. The van der Waals surface area contributed by atoms with Gasteiger partial charge in [0.1, 0.15) is 18.0 Å². The van der Waals surface area contributed by atoms with E-state index < -0.39 is 39.3 Å². The number of carbonyl (C=O) groups is 5. The third-order valence-corrected chi connectivity index (χ3v) is 8.91. The second-order valence-electron chi connectivity index (χ2n) is 10.2. The summed E-state index contributed by atoms with van der Waals surface area (Å²) in [6.07, 6.45) is 7.89. The Balaban J connectivity index is 0.000000350. The molecule has 0 amide bonds. The van der Waals surface area contributed by atoms with E-state index in [0.29, 0.717) is 12.8 Å². The molecule has 2 N–H and O–H groups in total. The van der Waals surface area contributed by atoms with Crippen molar-refractivity contribution < 1.29 is 34.2 Å². The summed E-state index contributed by atoms with van der Waals surface area (Å²) < 4.78 is 0. The smallest absolute Gasteiger partial charge is 0.222 e. The van der Waals surface area contributed by atoms with Crippen molar-refractivity contribution in [1.29, 1.82) is 0 Å². The Kier molecular flexibility index (Phi) is 7.73. The van der Waals surface area contributed by atoms with Crippen molar-refractivity contribution in [3.05, 3.63) is 23.8 Å². The van der Waals surface area contributed by atoms with Crippen LogP contribution < -0.4 is 0 Å². The molecule has 0 bridgehead atoms. The van der Waals surface area contributed by atoms with Crippen LogP contribution in [0.15, 0.2) is 23.8 Å². The van der Waals surface area contributed by atoms with Crippen LogP contribution in [0.5, 0.6) is 0 Å². The van der Waals surface area contributed by atoms with Gasteiger partial charge in [-0.25, -0.2) is 0 Å². The summed E-state index contributed by atoms with van der Waals surface area (Å²) in [6.45, 7) is 3.19. The van der Waals surface area contributed by atoms with Crippen LogP contribution in [0.1, 0.15) is 58.8 Å². The standard InChI is InChI=1S/C21H26O5.C4H4Cl2O2/c1-19-7-5-13(23)9-12(19)3-4-14-15-6-8-21(26,17(25)11-22)20(15,2)10-16(24)18(14)19;5-3(7)1-2-4(6)8/h5,7,9,14-15,18,22,26H,3-4,6,8,10-11H2,1-2H3;1-2H2/t14-,15-,18+,19-,20-,21-;/m0./s1. The number of hydrogen-bond acceptors (Lipinski definition) is 7. The van der Waals surface area contributed by atoms with Gasteiger partial charge in [0.25, 0.3) is 0 Å². The number of hydrogen-bond donors (Lipinski definition) is 2. The minimum Gasteiger partial charge on any atom is -0.388 e. The van der Waals surface area contributed by atoms with Crippen molar-refractivity contribution in [2.24, 2.45) is 28.6 Å². The predicted octanol–water partition coefficient (Wildman–Crippen LogP) is 3.06. The Morgan fingerprint density at radius 2 is 1.71 bits per heavy atom. The highest BCUT2D eigenvalue weighted by atomic mass is 35.5. The number of aliphatic hydroxyl groups excluding tert-OH is 1. The van der Waals surface area contributed by atoms with Crippen LogP contribution in [0.25, 0.3) is 0 Å². The molecule has 0 radical (unpaired) electrons. The molecule has 9 heteroatoms. The minimum absolute atomic E-state index is 0.0206. The van der Waals surface area contributed by atoms with Gasteiger partial charge < -0.3 is 10.2 Å². The molecule has 34 heavy (non-hydrogen) atoms. The van der Waals surface area contributed by atoms with Gasteiger partial charge in [-0.05, 0) is 72.9 Å². The zero-order valence-corrected chi connectivity index (χ0v) is 20.8. The molecule has 0 heterocycles. The van der Waals surface area contributed by atoms with Crippen molar-refractivity contribution in [2.45, 2.75) is 64.4 Å². The molecule has 3 fully saturated rings. The van der Waals surface area contributed by atoms with Gasteiger partial charge in [0.15, 0.2) is 11.6 Å². The van der Waals surface area contributed by atoms with Gasteiger partial charge in [-0.1, -0.05) is 25.5 Å². The number of halogens is 2. The van der Waals surface area contributed by atoms with Crippen LogP contribution in [0.2, 0.25) is 0 Å². The molecular formula is C25H30Cl2O7. The molecule has 4 rings (SSSR count). The maximum Gasteiger partial charge on any atom is 0.222 e. The normalized spacial score (nSPS) is 38.1. The number of Topliss-reactive ketones (excluding diaryl/α,β-unsaturated/α-hetero) is 2. The molecule has 7 nitrogen and oxygen atoms in total. The summed E-state index contributed by atoms with van der Waals surface area (Å²) in [5, 5.41) is 19.4. The fourth-order valence-electron chi connectivity index (χ4n) is 6.82. The number of aliphatic hydroxyl groups is 2. The van der Waals surface area contributed by atoms with Crippen LogP contribution in [0.3, 0.4) is 0 Å². The fourth-order valence-corrected chi connectivity index (χ4v) is 7.01. The van der Waals surface area contributed by atoms with Gasteiger partial charge in [-0.15, -0.1) is 0 Å². The van der Waals surface area contributed by atoms with Gasteiger partial charge in [-0.2, -0.15) is 0 Å². The minimum atomic E-state index is -1.62. The van der Waals surface area contributed by atoms with Crippen LogP contribution in [-0.2, 0) is 24.0 Å². The van der Waals surface area contributed by atoms with Gasteiger partial charge in [0.2, 0.25) is 10.5 Å². The van der Waals surface area contributed by atoms with Crippen molar-refractivity contribution >= 4 is 51.0 Å². The largest absolute Gasteiger partial charge is 0.388 e. The molecule has 3 saturated carbocycles. The number of rotatable bonds is 5. The average molecular weight is 513 g/mol. The number of fused-ring (bicyclic) bond motifs is 5. The van der Waals surface area contributed by atoms with Crippen LogP contribution in [-0.4, -0.2) is 50.3 Å². The molecule has 0 aromatic rings. The zero-order valence-electron chi connectivity index (χ0n) is 19.3. The molecule has 4 aliphatic carbocycles. The lowest BCUT2D eigenvalue weighted by atomic mass is 9.46. The Labute approximate surface area is 208 Å². The maximum absolute atomic E-state index is 13.3. The van der Waals surface area contributed by atoms with Crippen molar-refractivity contribution in [3.8, 4) is 0 Å². The third-order valence-electron chi connectivity index (χ3n) is 8.53. The van der Waals surface area contributed by atoms with Crippen molar-refractivity contribution in [1.82, 2.24) is 0 Å². The van der Waals surface area contributed by atoms with E-state index in [-0.39, 0.29) is 48.6 Å². The maximum atomic E-state index is 13.3. The Bertz CT molecular complexity index is 972. The topological polar surface area (TPSA) is 126 Å². The lowest BCUT2D eigenvalue weighted by molar-refractivity contribution is -0.168. The predicted molar refractivity (Wildman–Crippen MR) is 125 cm³/mol. The van der Waals surface area contributed by atoms with Crippen LogP contribution >= 0.6 is 23.2 Å². The second kappa shape index (κ2) is 9.76. The lowest BCUT2D eigenvalue weighted by Gasteiger charge is -2.56. The highest BCUT2D eigenvalue weighted by Crippen LogP contribution is 2.66. The molecule has 186 valence electrons. The molecule has 0 saturated heterocycles. The molecule has 0 spiro atoms. The first-order valence-corrected chi connectivity index (χ1v) is 12.3. The van der Waals surface area contributed by atoms with E-state index in [1.165, 1.54) is 0 Å². The van der Waals surface area contributed by atoms with Crippen LogP contribution in [0, 0.1) is 28.6 Å². The van der Waals surface area contributed by atoms with Crippen molar-refractivity contribution in [2.75, 3.05) is 6.61 Å². The van der Waals surface area contributed by atoms with E-state index in [4.69, 9.17) is 23.2 Å². The summed E-state index contributed by atoms with van der Waals surface area (Å²) in [7, 11) is 0. The quantitative estimate of drug-likeness (QED) is 0.542. The second-order valence-corrected chi connectivity index (χ2v) is 11.1. The van der Waals surface area contributed by atoms with E-state index in [1.54, 1.807) is 12.2 Å². The number of allylic oxidation sites excluding steroid dienone is 4. The molecule has 0 aliphatic heterocycles. The lowest BCUT2D eigenvalue weighted by Crippen LogP contribution is -2.60. The van der Waals surface area contributed by atoms with E-state index in [9.17, 15) is 34.2 Å². The molecule has 6 atom stereocenters. The zero-order chi connectivity index (χ0) is 25.5. The van der Waals surface area contributed by atoms with Crippen molar-refractivity contribution in [3.63, 3.8) is 0 Å². The first-order valence-electron chi connectivity index (χ1n) is 11.5. The van der Waals surface area contributed by atoms with E-state index >= 15 is 0 Å².